The Morgan fingerprint density at radius 2 is 2.14 bits per heavy atom. The minimum absolute atomic E-state index is 0.0489. The van der Waals surface area contributed by atoms with Gasteiger partial charge in [0.2, 0.25) is 17.8 Å². The van der Waals surface area contributed by atoms with Gasteiger partial charge in [0.05, 0.1) is 18.3 Å². The van der Waals surface area contributed by atoms with Crippen LogP contribution in [-0.4, -0.2) is 53.9 Å². The Morgan fingerprint density at radius 1 is 1.36 bits per heavy atom. The van der Waals surface area contributed by atoms with Crippen LogP contribution in [0.1, 0.15) is 31.5 Å². The lowest BCUT2D eigenvalue weighted by Crippen LogP contribution is -2.39. The lowest BCUT2D eigenvalue weighted by Gasteiger charge is -2.27. The number of hydrogen-bond donors (Lipinski definition) is 1. The highest BCUT2D eigenvalue weighted by molar-refractivity contribution is 5.84. The van der Waals surface area contributed by atoms with Crippen molar-refractivity contribution >= 4 is 17.8 Å². The number of aromatic nitrogens is 2. The van der Waals surface area contributed by atoms with E-state index in [2.05, 4.69) is 10.3 Å². The number of halogens is 1. The van der Waals surface area contributed by atoms with Gasteiger partial charge in [0.15, 0.2) is 0 Å². The Bertz CT molecular complexity index is 887. The molecular formula is C20H24FN5O2. The number of nitrogens with zero attached hydrogens (tertiary/aromatic N) is 4. The van der Waals surface area contributed by atoms with Crippen LogP contribution in [0.15, 0.2) is 30.5 Å². The van der Waals surface area contributed by atoms with Gasteiger partial charge in [-0.2, -0.15) is 0 Å². The summed E-state index contributed by atoms with van der Waals surface area (Å²) in [7, 11) is 3.69. The molecule has 8 heteroatoms. The van der Waals surface area contributed by atoms with E-state index in [-0.39, 0.29) is 30.2 Å². The molecule has 1 aliphatic heterocycles. The quantitative estimate of drug-likeness (QED) is 0.853. The molecule has 1 aromatic heterocycles. The lowest BCUT2D eigenvalue weighted by atomic mass is 9.99. The number of hydrogen-bond acceptors (Lipinski definition) is 5. The maximum absolute atomic E-state index is 13.8. The first kappa shape index (κ1) is 19.7. The smallest absolute Gasteiger partial charge is 0.242 e. The molecule has 2 amide bonds. The predicted molar refractivity (Wildman–Crippen MR) is 104 cm³/mol. The van der Waals surface area contributed by atoms with E-state index in [1.807, 2.05) is 14.1 Å². The van der Waals surface area contributed by atoms with Crippen molar-refractivity contribution < 1.29 is 14.0 Å². The molecule has 2 aromatic rings. The summed E-state index contributed by atoms with van der Waals surface area (Å²) in [6, 6.07) is 6.02. The van der Waals surface area contributed by atoms with Gasteiger partial charge in [-0.25, -0.2) is 14.4 Å². The summed E-state index contributed by atoms with van der Waals surface area (Å²) in [6.07, 6.45) is 3.26. The molecule has 1 aromatic carbocycles. The third-order valence-electron chi connectivity index (χ3n) is 4.72. The lowest BCUT2D eigenvalue weighted by molar-refractivity contribution is -0.133. The SMILES string of the molecule is CC(=O)NCC(=O)N1CCCC1c1nc(N(C)C)ncc1-c1cccc(F)c1. The molecule has 1 atom stereocenters. The fourth-order valence-corrected chi connectivity index (χ4v) is 3.38. The van der Waals surface area contributed by atoms with E-state index < -0.39 is 0 Å². The Kier molecular flexibility index (Phi) is 5.87. The number of carbonyl (C=O) groups excluding carboxylic acids is 2. The number of benzene rings is 1. The number of amides is 2. The second-order valence-corrected chi connectivity index (χ2v) is 7.03. The standard InChI is InChI=1S/C20H24FN5O2/c1-13(27)22-12-18(28)26-9-5-8-17(26)19-16(11-23-20(24-19)25(2)3)14-6-4-7-15(21)10-14/h4,6-7,10-11,17H,5,8-9,12H2,1-3H3,(H,22,27). The second-order valence-electron chi connectivity index (χ2n) is 7.03. The van der Waals surface area contributed by atoms with E-state index in [1.165, 1.54) is 19.1 Å². The molecule has 1 N–H and O–H groups in total. The Balaban J connectivity index is 2.01. The molecule has 0 aliphatic carbocycles. The maximum atomic E-state index is 13.8. The summed E-state index contributed by atoms with van der Waals surface area (Å²) < 4.78 is 13.8. The van der Waals surface area contributed by atoms with E-state index in [1.54, 1.807) is 28.1 Å². The Labute approximate surface area is 163 Å². The van der Waals surface area contributed by atoms with Crippen LogP contribution in [0.5, 0.6) is 0 Å². The number of carbonyl (C=O) groups is 2. The molecule has 1 fully saturated rings. The van der Waals surface area contributed by atoms with Gasteiger partial charge in [-0.15, -0.1) is 0 Å². The molecule has 3 rings (SSSR count). The molecule has 7 nitrogen and oxygen atoms in total. The topological polar surface area (TPSA) is 78.4 Å². The van der Waals surface area contributed by atoms with E-state index in [9.17, 15) is 14.0 Å². The zero-order chi connectivity index (χ0) is 20.3. The summed E-state index contributed by atoms with van der Waals surface area (Å²) in [5, 5.41) is 2.56. The first-order chi connectivity index (χ1) is 13.4. The second kappa shape index (κ2) is 8.33. The van der Waals surface area contributed by atoms with Crippen LogP contribution >= 0.6 is 0 Å². The van der Waals surface area contributed by atoms with Crippen molar-refractivity contribution in [2.45, 2.75) is 25.8 Å². The van der Waals surface area contributed by atoms with Crippen molar-refractivity contribution in [2.75, 3.05) is 32.1 Å². The van der Waals surface area contributed by atoms with Crippen LogP contribution in [0.3, 0.4) is 0 Å². The van der Waals surface area contributed by atoms with Gasteiger partial charge in [-0.1, -0.05) is 12.1 Å². The van der Waals surface area contributed by atoms with Crippen LogP contribution in [-0.2, 0) is 9.59 Å². The van der Waals surface area contributed by atoms with Gasteiger partial charge in [0.25, 0.3) is 0 Å². The van der Waals surface area contributed by atoms with Gasteiger partial charge in [-0.3, -0.25) is 9.59 Å². The number of likely N-dealkylation sites (tertiary alicyclic amines) is 1. The molecule has 0 bridgehead atoms. The van der Waals surface area contributed by atoms with Crippen molar-refractivity contribution in [2.24, 2.45) is 0 Å². The highest BCUT2D eigenvalue weighted by Gasteiger charge is 2.33. The number of nitrogens with one attached hydrogen (secondary N) is 1. The van der Waals surface area contributed by atoms with Crippen LogP contribution in [0.25, 0.3) is 11.1 Å². The number of rotatable bonds is 5. The van der Waals surface area contributed by atoms with Crippen molar-refractivity contribution in [3.63, 3.8) is 0 Å². The van der Waals surface area contributed by atoms with E-state index in [0.717, 1.165) is 12.8 Å². The molecule has 148 valence electrons. The highest BCUT2D eigenvalue weighted by atomic mass is 19.1. The largest absolute Gasteiger partial charge is 0.347 e. The van der Waals surface area contributed by atoms with Crippen molar-refractivity contribution in [1.29, 1.82) is 0 Å². The minimum atomic E-state index is -0.342. The van der Waals surface area contributed by atoms with Crippen LogP contribution in [0.4, 0.5) is 10.3 Å². The average Bonchev–Trinajstić information content (AvgIpc) is 3.15. The van der Waals surface area contributed by atoms with Crippen molar-refractivity contribution in [3.05, 3.63) is 42.0 Å². The maximum Gasteiger partial charge on any atom is 0.242 e. The molecule has 0 saturated carbocycles. The van der Waals surface area contributed by atoms with Gasteiger partial charge < -0.3 is 15.1 Å². The molecule has 0 spiro atoms. The molecule has 1 saturated heterocycles. The summed E-state index contributed by atoms with van der Waals surface area (Å²) in [5.74, 6) is -0.226. The zero-order valence-corrected chi connectivity index (χ0v) is 16.3. The summed E-state index contributed by atoms with van der Waals surface area (Å²) in [5.41, 5.74) is 2.06. The minimum Gasteiger partial charge on any atom is -0.347 e. The third kappa shape index (κ3) is 4.27. The molecule has 0 radical (unpaired) electrons. The first-order valence-corrected chi connectivity index (χ1v) is 9.21. The summed E-state index contributed by atoms with van der Waals surface area (Å²) in [6.45, 7) is 1.92. The summed E-state index contributed by atoms with van der Waals surface area (Å²) in [4.78, 5) is 36.4. The van der Waals surface area contributed by atoms with Gasteiger partial charge in [-0.05, 0) is 30.5 Å². The zero-order valence-electron chi connectivity index (χ0n) is 16.3. The summed E-state index contributed by atoms with van der Waals surface area (Å²) >= 11 is 0. The van der Waals surface area contributed by atoms with Gasteiger partial charge in [0, 0.05) is 39.3 Å². The Hall–Kier alpha value is -3.03. The Morgan fingerprint density at radius 3 is 2.82 bits per heavy atom. The fourth-order valence-electron chi connectivity index (χ4n) is 3.38. The molecule has 28 heavy (non-hydrogen) atoms. The average molecular weight is 385 g/mol. The van der Waals surface area contributed by atoms with Crippen LogP contribution in [0, 0.1) is 5.82 Å². The number of anilines is 1. The monoisotopic (exact) mass is 385 g/mol. The van der Waals surface area contributed by atoms with Crippen molar-refractivity contribution in [3.8, 4) is 11.1 Å². The normalized spacial score (nSPS) is 16.1. The predicted octanol–water partition coefficient (Wildman–Crippen LogP) is 2.15. The third-order valence-corrected chi connectivity index (χ3v) is 4.72. The molecule has 1 aliphatic rings. The van der Waals surface area contributed by atoms with E-state index >= 15 is 0 Å². The van der Waals surface area contributed by atoms with E-state index in [0.29, 0.717) is 29.3 Å². The fraction of sp³-hybridized carbons (Fsp3) is 0.400. The molecule has 2 heterocycles. The van der Waals surface area contributed by atoms with E-state index in [4.69, 9.17) is 4.98 Å². The first-order valence-electron chi connectivity index (χ1n) is 9.21. The van der Waals surface area contributed by atoms with Crippen molar-refractivity contribution in [1.82, 2.24) is 20.2 Å². The highest BCUT2D eigenvalue weighted by Crippen LogP contribution is 2.37. The van der Waals surface area contributed by atoms with Crippen LogP contribution in [0.2, 0.25) is 0 Å². The van der Waals surface area contributed by atoms with Gasteiger partial charge >= 0.3 is 0 Å². The van der Waals surface area contributed by atoms with Gasteiger partial charge in [0.1, 0.15) is 5.82 Å². The van der Waals surface area contributed by atoms with Crippen LogP contribution < -0.4 is 10.2 Å². The molecule has 1 unspecified atom stereocenters. The molecular weight excluding hydrogens is 361 g/mol.